The zero-order chi connectivity index (χ0) is 20.1. The number of ether oxygens (including phenoxy) is 1. The van der Waals surface area contributed by atoms with E-state index in [2.05, 4.69) is 0 Å². The quantitative estimate of drug-likeness (QED) is 0.746. The molecule has 0 spiro atoms. The summed E-state index contributed by atoms with van der Waals surface area (Å²) >= 11 is 6.01. The first-order valence-electron chi connectivity index (χ1n) is 9.68. The van der Waals surface area contributed by atoms with E-state index in [1.54, 1.807) is 28.0 Å². The minimum Gasteiger partial charge on any atom is -0.490 e. The highest BCUT2D eigenvalue weighted by atomic mass is 35.5. The molecule has 2 atom stereocenters. The molecule has 152 valence electrons. The highest BCUT2D eigenvalue weighted by Crippen LogP contribution is 2.27. The number of hydrogen-bond acceptors (Lipinski definition) is 4. The van der Waals surface area contributed by atoms with E-state index in [1.165, 1.54) is 0 Å². The van der Waals surface area contributed by atoms with Gasteiger partial charge in [-0.2, -0.15) is 0 Å². The van der Waals surface area contributed by atoms with Crippen molar-refractivity contribution in [3.05, 3.63) is 29.3 Å². The molecule has 8 heteroatoms. The first-order valence-corrected chi connectivity index (χ1v) is 10.1. The average Bonchev–Trinajstić information content (AvgIpc) is 3.05. The summed E-state index contributed by atoms with van der Waals surface area (Å²) in [5.74, 6) is 0.159. The summed E-state index contributed by atoms with van der Waals surface area (Å²) in [4.78, 5) is 39.3. The van der Waals surface area contributed by atoms with E-state index in [0.29, 0.717) is 49.7 Å². The third-order valence-electron chi connectivity index (χ3n) is 5.33. The third-order valence-corrected chi connectivity index (χ3v) is 5.57. The Labute approximate surface area is 169 Å². The molecule has 7 nitrogen and oxygen atoms in total. The number of hydrogen-bond donors (Lipinski definition) is 1. The number of amides is 3. The maximum atomic E-state index is 12.6. The number of rotatable bonds is 7. The van der Waals surface area contributed by atoms with Gasteiger partial charge in [-0.25, -0.2) is 0 Å². The number of piperidine rings is 1. The van der Waals surface area contributed by atoms with Crippen LogP contribution in [0.5, 0.6) is 5.75 Å². The van der Waals surface area contributed by atoms with Crippen molar-refractivity contribution < 1.29 is 19.1 Å². The Morgan fingerprint density at radius 2 is 2.11 bits per heavy atom. The van der Waals surface area contributed by atoms with Gasteiger partial charge in [0.1, 0.15) is 11.9 Å². The first kappa shape index (κ1) is 20.5. The van der Waals surface area contributed by atoms with Crippen molar-refractivity contribution in [3.8, 4) is 5.75 Å². The van der Waals surface area contributed by atoms with Crippen LogP contribution in [-0.4, -0.2) is 59.8 Å². The predicted octanol–water partition coefficient (Wildman–Crippen LogP) is 1.82. The molecule has 2 N–H and O–H groups in total. The molecule has 0 saturated carbocycles. The van der Waals surface area contributed by atoms with Crippen molar-refractivity contribution in [2.75, 3.05) is 26.2 Å². The van der Waals surface area contributed by atoms with E-state index in [9.17, 15) is 14.4 Å². The summed E-state index contributed by atoms with van der Waals surface area (Å²) in [6.45, 7) is 2.15. The monoisotopic (exact) mass is 407 g/mol. The Hall–Kier alpha value is -2.28. The van der Waals surface area contributed by atoms with Crippen molar-refractivity contribution in [1.29, 1.82) is 0 Å². The van der Waals surface area contributed by atoms with E-state index < -0.39 is 5.91 Å². The summed E-state index contributed by atoms with van der Waals surface area (Å²) in [5.41, 5.74) is 5.42. The van der Waals surface area contributed by atoms with Crippen molar-refractivity contribution >= 4 is 29.3 Å². The number of benzene rings is 1. The number of carbonyl (C=O) groups excluding carboxylic acids is 3. The number of likely N-dealkylation sites (tertiary alicyclic amines) is 2. The molecule has 0 bridgehead atoms. The molecule has 2 fully saturated rings. The van der Waals surface area contributed by atoms with Gasteiger partial charge in [-0.05, 0) is 24.6 Å². The molecule has 0 aliphatic carbocycles. The van der Waals surface area contributed by atoms with Crippen LogP contribution in [0.3, 0.4) is 0 Å². The average molecular weight is 408 g/mol. The molecule has 3 amide bonds. The molecule has 2 heterocycles. The maximum Gasteiger partial charge on any atom is 0.224 e. The fraction of sp³-hybridized carbons (Fsp3) is 0.550. The Morgan fingerprint density at radius 3 is 2.79 bits per heavy atom. The molecule has 1 aromatic rings. The van der Waals surface area contributed by atoms with Crippen LogP contribution in [0, 0.1) is 5.92 Å². The van der Waals surface area contributed by atoms with Gasteiger partial charge < -0.3 is 20.3 Å². The van der Waals surface area contributed by atoms with Gasteiger partial charge in [0.2, 0.25) is 17.7 Å². The molecular formula is C20H26ClN3O4. The van der Waals surface area contributed by atoms with Crippen molar-refractivity contribution in [3.63, 3.8) is 0 Å². The van der Waals surface area contributed by atoms with Crippen LogP contribution >= 0.6 is 11.6 Å². The van der Waals surface area contributed by atoms with Gasteiger partial charge in [0.05, 0.1) is 0 Å². The van der Waals surface area contributed by atoms with Gasteiger partial charge >= 0.3 is 0 Å². The molecule has 3 rings (SSSR count). The molecule has 0 aromatic heterocycles. The topological polar surface area (TPSA) is 92.9 Å². The second-order valence-corrected chi connectivity index (χ2v) is 7.84. The number of nitrogens with zero attached hydrogens (tertiary/aromatic N) is 2. The maximum absolute atomic E-state index is 12.6. The summed E-state index contributed by atoms with van der Waals surface area (Å²) in [5, 5.41) is 0.577. The lowest BCUT2D eigenvalue weighted by molar-refractivity contribution is -0.137. The molecule has 2 aliphatic heterocycles. The summed E-state index contributed by atoms with van der Waals surface area (Å²) in [7, 11) is 0. The number of carbonyl (C=O) groups is 3. The summed E-state index contributed by atoms with van der Waals surface area (Å²) < 4.78 is 6.05. The van der Waals surface area contributed by atoms with E-state index in [4.69, 9.17) is 22.1 Å². The number of nitrogens with two attached hydrogens (primary N) is 1. The Bertz CT molecular complexity index is 742. The number of primary amides is 1. The van der Waals surface area contributed by atoms with Gasteiger partial charge in [0, 0.05) is 62.8 Å². The molecule has 0 unspecified atom stereocenters. The van der Waals surface area contributed by atoms with Crippen LogP contribution < -0.4 is 10.5 Å². The fourth-order valence-electron chi connectivity index (χ4n) is 3.89. The second kappa shape index (κ2) is 9.28. The number of halogens is 1. The Balaban J connectivity index is 1.58. The normalized spacial score (nSPS) is 22.4. The van der Waals surface area contributed by atoms with E-state index in [0.717, 1.165) is 13.0 Å². The second-order valence-electron chi connectivity index (χ2n) is 7.41. The van der Waals surface area contributed by atoms with Crippen molar-refractivity contribution in [2.45, 2.75) is 38.2 Å². The van der Waals surface area contributed by atoms with Gasteiger partial charge in [-0.3, -0.25) is 14.4 Å². The molecule has 2 aliphatic rings. The van der Waals surface area contributed by atoms with Crippen LogP contribution in [-0.2, 0) is 14.4 Å². The first-order chi connectivity index (χ1) is 13.4. The van der Waals surface area contributed by atoms with Crippen molar-refractivity contribution in [2.24, 2.45) is 11.7 Å². The minimum absolute atomic E-state index is 0.00428. The van der Waals surface area contributed by atoms with Gasteiger partial charge in [0.15, 0.2) is 0 Å². The Kier molecular flexibility index (Phi) is 6.78. The highest BCUT2D eigenvalue weighted by Gasteiger charge is 2.34. The molecule has 0 radical (unpaired) electrons. The summed E-state index contributed by atoms with van der Waals surface area (Å²) in [6.07, 6.45) is 2.28. The highest BCUT2D eigenvalue weighted by molar-refractivity contribution is 6.30. The van der Waals surface area contributed by atoms with Crippen LogP contribution in [0.1, 0.15) is 32.1 Å². The molecular weight excluding hydrogens is 382 g/mol. The zero-order valence-electron chi connectivity index (χ0n) is 15.8. The molecule has 28 heavy (non-hydrogen) atoms. The SMILES string of the molecule is NC(=O)C[C@H]1CN(C(=O)CCN2CCCC2=O)CC[C@@H]1Oc1cccc(Cl)c1. The zero-order valence-corrected chi connectivity index (χ0v) is 16.6. The predicted molar refractivity (Wildman–Crippen MR) is 105 cm³/mol. The van der Waals surface area contributed by atoms with Crippen LogP contribution in [0.4, 0.5) is 0 Å². The standard InChI is InChI=1S/C20H26ClN3O4/c21-15-3-1-4-16(12-15)28-17-6-9-24(13-14(17)11-18(22)25)20(27)7-10-23-8-2-5-19(23)26/h1,3-4,12,14,17H,2,5-11,13H2,(H2,22,25)/t14-,17-/m0/s1. The van der Waals surface area contributed by atoms with E-state index >= 15 is 0 Å². The van der Waals surface area contributed by atoms with Crippen molar-refractivity contribution in [1.82, 2.24) is 9.80 Å². The Morgan fingerprint density at radius 1 is 1.29 bits per heavy atom. The van der Waals surface area contributed by atoms with E-state index in [1.807, 2.05) is 6.07 Å². The van der Waals surface area contributed by atoms with Gasteiger partial charge in [-0.15, -0.1) is 0 Å². The lowest BCUT2D eigenvalue weighted by Gasteiger charge is -2.38. The largest absolute Gasteiger partial charge is 0.490 e. The third kappa shape index (κ3) is 5.38. The van der Waals surface area contributed by atoms with Crippen LogP contribution in [0.15, 0.2) is 24.3 Å². The summed E-state index contributed by atoms with van der Waals surface area (Å²) in [6, 6.07) is 7.12. The molecule has 2 saturated heterocycles. The van der Waals surface area contributed by atoms with Crippen LogP contribution in [0.2, 0.25) is 5.02 Å². The van der Waals surface area contributed by atoms with E-state index in [-0.39, 0.29) is 30.3 Å². The van der Waals surface area contributed by atoms with Gasteiger partial charge in [-0.1, -0.05) is 17.7 Å². The minimum atomic E-state index is -0.415. The smallest absolute Gasteiger partial charge is 0.224 e. The van der Waals surface area contributed by atoms with Crippen LogP contribution in [0.25, 0.3) is 0 Å². The fourth-order valence-corrected chi connectivity index (χ4v) is 4.07. The lowest BCUT2D eigenvalue weighted by atomic mass is 9.91. The van der Waals surface area contributed by atoms with Gasteiger partial charge in [0.25, 0.3) is 0 Å². The lowest BCUT2D eigenvalue weighted by Crippen LogP contribution is -2.49. The molecule has 1 aromatic carbocycles.